The molecule has 0 atom stereocenters. The zero-order chi connectivity index (χ0) is 20.9. The molecule has 7 nitrogen and oxygen atoms in total. The van der Waals surface area contributed by atoms with E-state index >= 15 is 0 Å². The normalized spacial score (nSPS) is 14.3. The Morgan fingerprint density at radius 1 is 1.20 bits per heavy atom. The number of methoxy groups -OCH3 is 1. The highest BCUT2D eigenvalue weighted by Crippen LogP contribution is 2.26. The van der Waals surface area contributed by atoms with E-state index in [1.54, 1.807) is 7.11 Å². The fourth-order valence-electron chi connectivity index (χ4n) is 3.47. The molecule has 4 rings (SSSR count). The van der Waals surface area contributed by atoms with E-state index in [-0.39, 0.29) is 11.8 Å². The molecule has 0 radical (unpaired) electrons. The molecule has 2 aromatic carbocycles. The Kier molecular flexibility index (Phi) is 6.30. The molecule has 1 aliphatic heterocycles. The van der Waals surface area contributed by atoms with E-state index < -0.39 is 0 Å². The average molecular weight is 427 g/mol. The molecule has 0 saturated carbocycles. The number of nitrogens with zero attached hydrogens (tertiary/aromatic N) is 3. The smallest absolute Gasteiger partial charge is 0.234 e. The van der Waals surface area contributed by atoms with Crippen LogP contribution < -0.4 is 10.1 Å². The van der Waals surface area contributed by atoms with E-state index in [2.05, 4.69) is 20.4 Å². The van der Waals surface area contributed by atoms with E-state index in [1.807, 2.05) is 48.5 Å². The lowest BCUT2D eigenvalue weighted by atomic mass is 10.0. The Balaban J connectivity index is 1.24. The zero-order valence-corrected chi connectivity index (χ0v) is 17.4. The van der Waals surface area contributed by atoms with E-state index in [0.29, 0.717) is 36.2 Å². The molecule has 30 heavy (non-hydrogen) atoms. The molecule has 8 heteroatoms. The number of aromatic nitrogens is 2. The van der Waals surface area contributed by atoms with Crippen LogP contribution in [0.25, 0.3) is 0 Å². The zero-order valence-electron chi connectivity index (χ0n) is 16.7. The van der Waals surface area contributed by atoms with Gasteiger partial charge in [0, 0.05) is 36.6 Å². The summed E-state index contributed by atoms with van der Waals surface area (Å²) in [6, 6.07) is 15.3. The Morgan fingerprint density at radius 3 is 2.70 bits per heavy atom. The third-order valence-electron chi connectivity index (χ3n) is 5.13. The summed E-state index contributed by atoms with van der Waals surface area (Å²) in [5, 5.41) is 7.66. The average Bonchev–Trinajstić information content (AvgIpc) is 3.18. The molecule has 1 fully saturated rings. The fraction of sp³-hybridized carbons (Fsp3) is 0.318. The molecule has 3 aromatic rings. The van der Waals surface area contributed by atoms with E-state index in [9.17, 15) is 4.79 Å². The molecule has 1 amide bonds. The van der Waals surface area contributed by atoms with Crippen LogP contribution >= 0.6 is 11.6 Å². The number of rotatable bonds is 8. The van der Waals surface area contributed by atoms with Crippen molar-refractivity contribution in [2.24, 2.45) is 0 Å². The fourth-order valence-corrected chi connectivity index (χ4v) is 3.68. The van der Waals surface area contributed by atoms with Crippen LogP contribution in [0.15, 0.2) is 53.1 Å². The molecule has 156 valence electrons. The molecule has 0 spiro atoms. The summed E-state index contributed by atoms with van der Waals surface area (Å²) in [5.41, 5.74) is 1.92. The van der Waals surface area contributed by atoms with Gasteiger partial charge < -0.3 is 14.6 Å². The van der Waals surface area contributed by atoms with Gasteiger partial charge >= 0.3 is 0 Å². The van der Waals surface area contributed by atoms with Crippen LogP contribution in [0.1, 0.15) is 28.8 Å². The molecule has 0 bridgehead atoms. The van der Waals surface area contributed by atoms with Gasteiger partial charge in [0.1, 0.15) is 5.75 Å². The first-order valence-corrected chi connectivity index (χ1v) is 10.2. The summed E-state index contributed by atoms with van der Waals surface area (Å²) in [6.07, 6.45) is 0.550. The van der Waals surface area contributed by atoms with E-state index in [0.717, 1.165) is 30.0 Å². The van der Waals surface area contributed by atoms with Crippen molar-refractivity contribution in [3.63, 3.8) is 0 Å². The van der Waals surface area contributed by atoms with Gasteiger partial charge in [-0.2, -0.15) is 4.98 Å². The molecule has 1 N–H and O–H groups in total. The molecule has 0 aliphatic carbocycles. The maximum absolute atomic E-state index is 12.2. The first kappa shape index (κ1) is 20.4. The quantitative estimate of drug-likeness (QED) is 0.596. The van der Waals surface area contributed by atoms with Gasteiger partial charge in [-0.05, 0) is 17.7 Å². The number of carbonyl (C=O) groups excluding carboxylic acids is 1. The first-order chi connectivity index (χ1) is 14.6. The Morgan fingerprint density at radius 2 is 1.93 bits per heavy atom. The topological polar surface area (TPSA) is 80.5 Å². The van der Waals surface area contributed by atoms with Gasteiger partial charge in [-0.3, -0.25) is 9.69 Å². The number of benzene rings is 2. The standard InChI is InChI=1S/C22H23ClN4O3/c1-29-19-9-5-3-6-15(19)10-20-25-22(30-26-20)17-12-27(13-17)14-21(28)24-11-16-7-2-4-8-18(16)23/h2-9,17H,10-14H2,1H3,(H,24,28). The van der Waals surface area contributed by atoms with Crippen molar-refractivity contribution < 1.29 is 14.1 Å². The number of likely N-dealkylation sites (tertiary alicyclic amines) is 1. The van der Waals surface area contributed by atoms with Crippen molar-refractivity contribution in [3.05, 3.63) is 76.4 Å². The maximum Gasteiger partial charge on any atom is 0.234 e. The predicted octanol–water partition coefficient (Wildman–Crippen LogP) is 3.04. The number of halogens is 1. The maximum atomic E-state index is 12.2. The predicted molar refractivity (Wildman–Crippen MR) is 113 cm³/mol. The van der Waals surface area contributed by atoms with Gasteiger partial charge in [0.2, 0.25) is 11.8 Å². The SMILES string of the molecule is COc1ccccc1Cc1noc(C2CN(CC(=O)NCc3ccccc3Cl)C2)n1. The number of para-hydroxylation sites is 1. The highest BCUT2D eigenvalue weighted by Gasteiger charge is 2.33. The number of carbonyl (C=O) groups is 1. The summed E-state index contributed by atoms with van der Waals surface area (Å²) < 4.78 is 10.8. The van der Waals surface area contributed by atoms with Gasteiger partial charge in [0.05, 0.1) is 19.6 Å². The van der Waals surface area contributed by atoms with E-state index in [1.165, 1.54) is 0 Å². The monoisotopic (exact) mass is 426 g/mol. The third-order valence-corrected chi connectivity index (χ3v) is 5.50. The minimum absolute atomic E-state index is 0.0317. The second kappa shape index (κ2) is 9.28. The molecular weight excluding hydrogens is 404 g/mol. The molecule has 0 unspecified atom stereocenters. The van der Waals surface area contributed by atoms with Crippen LogP contribution in [0.4, 0.5) is 0 Å². The van der Waals surface area contributed by atoms with Crippen molar-refractivity contribution in [1.82, 2.24) is 20.4 Å². The molecule has 2 heterocycles. The lowest BCUT2D eigenvalue weighted by Gasteiger charge is -2.36. The van der Waals surface area contributed by atoms with Crippen LogP contribution in [0.5, 0.6) is 5.75 Å². The van der Waals surface area contributed by atoms with Crippen molar-refractivity contribution in [2.75, 3.05) is 26.7 Å². The van der Waals surface area contributed by atoms with Crippen LogP contribution in [0.2, 0.25) is 5.02 Å². The number of ether oxygens (including phenoxy) is 1. The summed E-state index contributed by atoms with van der Waals surface area (Å²) in [4.78, 5) is 18.8. The van der Waals surface area contributed by atoms with Gasteiger partial charge in [0.15, 0.2) is 5.82 Å². The number of amides is 1. The number of hydrogen-bond acceptors (Lipinski definition) is 6. The minimum atomic E-state index is -0.0317. The highest BCUT2D eigenvalue weighted by atomic mass is 35.5. The number of nitrogens with one attached hydrogen (secondary N) is 1. The largest absolute Gasteiger partial charge is 0.496 e. The third kappa shape index (κ3) is 4.80. The van der Waals surface area contributed by atoms with Gasteiger partial charge in [-0.25, -0.2) is 0 Å². The molecule has 1 aromatic heterocycles. The van der Waals surface area contributed by atoms with Crippen molar-refractivity contribution >= 4 is 17.5 Å². The lowest BCUT2D eigenvalue weighted by molar-refractivity contribution is -0.123. The molecule has 1 saturated heterocycles. The van der Waals surface area contributed by atoms with Crippen molar-refractivity contribution in [3.8, 4) is 5.75 Å². The Bertz CT molecular complexity index is 1020. The second-order valence-corrected chi connectivity index (χ2v) is 7.70. The van der Waals surface area contributed by atoms with Crippen LogP contribution in [0.3, 0.4) is 0 Å². The van der Waals surface area contributed by atoms with Gasteiger partial charge in [-0.15, -0.1) is 0 Å². The Hall–Kier alpha value is -2.90. The summed E-state index contributed by atoms with van der Waals surface area (Å²) in [6.45, 7) is 2.19. The van der Waals surface area contributed by atoms with Crippen LogP contribution in [-0.2, 0) is 17.8 Å². The highest BCUT2D eigenvalue weighted by molar-refractivity contribution is 6.31. The molecule has 1 aliphatic rings. The van der Waals surface area contributed by atoms with Crippen LogP contribution in [0, 0.1) is 0 Å². The minimum Gasteiger partial charge on any atom is -0.496 e. The Labute approximate surface area is 180 Å². The first-order valence-electron chi connectivity index (χ1n) is 9.79. The van der Waals surface area contributed by atoms with Gasteiger partial charge in [-0.1, -0.05) is 53.2 Å². The second-order valence-electron chi connectivity index (χ2n) is 7.30. The van der Waals surface area contributed by atoms with Crippen LogP contribution in [-0.4, -0.2) is 47.7 Å². The van der Waals surface area contributed by atoms with Gasteiger partial charge in [0.25, 0.3) is 0 Å². The lowest BCUT2D eigenvalue weighted by Crippen LogP contribution is -2.49. The van der Waals surface area contributed by atoms with Crippen molar-refractivity contribution in [2.45, 2.75) is 18.9 Å². The number of hydrogen-bond donors (Lipinski definition) is 1. The summed E-state index contributed by atoms with van der Waals surface area (Å²) >= 11 is 6.12. The summed E-state index contributed by atoms with van der Waals surface area (Å²) in [7, 11) is 1.65. The molecular formula is C22H23ClN4O3. The van der Waals surface area contributed by atoms with E-state index in [4.69, 9.17) is 20.9 Å². The van der Waals surface area contributed by atoms with Crippen molar-refractivity contribution in [1.29, 1.82) is 0 Å². The summed E-state index contributed by atoms with van der Waals surface area (Å²) in [5.74, 6) is 2.18.